The molecule has 0 bridgehead atoms. The summed E-state index contributed by atoms with van der Waals surface area (Å²) in [6, 6.07) is 23.3. The molecule has 2 nitrogen and oxygen atoms in total. The smallest absolute Gasteiger partial charge is 0.343 e. The lowest BCUT2D eigenvalue weighted by Gasteiger charge is -2.12. The molecular weight excluding hydrogens is 328 g/mol. The van der Waals surface area contributed by atoms with E-state index in [0.717, 1.165) is 6.42 Å². The lowest BCUT2D eigenvalue weighted by molar-refractivity contribution is 0.0734. The molecule has 0 saturated heterocycles. The number of thioether (sulfide) groups is 1. The van der Waals surface area contributed by atoms with Crippen LogP contribution in [0.2, 0.25) is 0 Å². The Morgan fingerprint density at radius 2 is 1.64 bits per heavy atom. The largest absolute Gasteiger partial charge is 0.423 e. The number of hydrogen-bond acceptors (Lipinski definition) is 3. The molecule has 0 heterocycles. The van der Waals surface area contributed by atoms with Gasteiger partial charge in [0.25, 0.3) is 0 Å². The molecule has 0 amide bonds. The lowest BCUT2D eigenvalue weighted by Crippen LogP contribution is -2.08. The molecule has 0 atom stereocenters. The number of hydrogen-bond donors (Lipinski definition) is 0. The third-order valence-electron chi connectivity index (χ3n) is 4.11. The normalized spacial score (nSPS) is 10.5. The summed E-state index contributed by atoms with van der Waals surface area (Å²) in [6.07, 6.45) is 2.88. The summed E-state index contributed by atoms with van der Waals surface area (Å²) in [5.74, 6) is 0.245. The Labute approximate surface area is 152 Å². The molecule has 0 saturated carbocycles. The van der Waals surface area contributed by atoms with Crippen molar-refractivity contribution in [3.63, 3.8) is 0 Å². The van der Waals surface area contributed by atoms with Crippen LogP contribution in [0.4, 0.5) is 0 Å². The molecule has 0 aliphatic heterocycles. The zero-order valence-electron chi connectivity index (χ0n) is 14.4. The van der Waals surface area contributed by atoms with Gasteiger partial charge in [0, 0.05) is 4.90 Å². The van der Waals surface area contributed by atoms with Gasteiger partial charge in [-0.1, -0.05) is 42.5 Å². The van der Waals surface area contributed by atoms with Crippen molar-refractivity contribution in [1.29, 1.82) is 0 Å². The third kappa shape index (κ3) is 4.31. The van der Waals surface area contributed by atoms with Crippen LogP contribution < -0.4 is 4.74 Å². The first-order valence-corrected chi connectivity index (χ1v) is 9.38. The van der Waals surface area contributed by atoms with E-state index in [1.165, 1.54) is 21.6 Å². The molecule has 0 unspecified atom stereocenters. The van der Waals surface area contributed by atoms with E-state index in [1.807, 2.05) is 42.5 Å². The molecule has 3 heteroatoms. The van der Waals surface area contributed by atoms with Crippen LogP contribution in [-0.2, 0) is 6.42 Å². The second-order valence-electron chi connectivity index (χ2n) is 5.83. The van der Waals surface area contributed by atoms with Gasteiger partial charge in [-0.25, -0.2) is 4.79 Å². The first-order chi connectivity index (χ1) is 12.2. The van der Waals surface area contributed by atoms with Crippen molar-refractivity contribution in [2.75, 3.05) is 6.26 Å². The Morgan fingerprint density at radius 1 is 0.920 bits per heavy atom. The highest BCUT2D eigenvalue weighted by Gasteiger charge is 2.11. The lowest BCUT2D eigenvalue weighted by atomic mass is 10.0. The molecule has 3 aromatic carbocycles. The van der Waals surface area contributed by atoms with Crippen LogP contribution >= 0.6 is 11.8 Å². The van der Waals surface area contributed by atoms with Crippen LogP contribution in [0.15, 0.2) is 77.7 Å². The Hall–Kier alpha value is -2.52. The SMILES string of the molecule is CSc1ccc(OC(=O)c2ccccc2)cc1Cc1ccccc1C. The fourth-order valence-electron chi connectivity index (χ4n) is 2.71. The van der Waals surface area contributed by atoms with Crippen molar-refractivity contribution in [1.82, 2.24) is 0 Å². The van der Waals surface area contributed by atoms with Gasteiger partial charge in [-0.05, 0) is 66.6 Å². The van der Waals surface area contributed by atoms with Crippen LogP contribution in [0.25, 0.3) is 0 Å². The average molecular weight is 348 g/mol. The number of benzene rings is 3. The van der Waals surface area contributed by atoms with Crippen molar-refractivity contribution in [2.45, 2.75) is 18.2 Å². The van der Waals surface area contributed by atoms with Crippen LogP contribution in [0.3, 0.4) is 0 Å². The van der Waals surface area contributed by atoms with E-state index in [-0.39, 0.29) is 5.97 Å². The molecule has 126 valence electrons. The zero-order valence-corrected chi connectivity index (χ0v) is 15.2. The quantitative estimate of drug-likeness (QED) is 0.345. The molecule has 3 aromatic rings. The van der Waals surface area contributed by atoms with Gasteiger partial charge in [-0.3, -0.25) is 0 Å². The Balaban J connectivity index is 1.85. The van der Waals surface area contributed by atoms with Crippen molar-refractivity contribution < 1.29 is 9.53 Å². The van der Waals surface area contributed by atoms with Crippen LogP contribution in [0.1, 0.15) is 27.0 Å². The predicted molar refractivity (Wildman–Crippen MR) is 104 cm³/mol. The predicted octanol–water partition coefficient (Wildman–Crippen LogP) is 5.53. The van der Waals surface area contributed by atoms with Gasteiger partial charge in [0.15, 0.2) is 0 Å². The first kappa shape index (κ1) is 17.3. The maximum Gasteiger partial charge on any atom is 0.343 e. The molecule has 0 aliphatic rings. The highest BCUT2D eigenvalue weighted by atomic mass is 32.2. The summed E-state index contributed by atoms with van der Waals surface area (Å²) in [4.78, 5) is 13.5. The fraction of sp³-hybridized carbons (Fsp3) is 0.136. The van der Waals surface area contributed by atoms with Crippen molar-refractivity contribution in [2.24, 2.45) is 0 Å². The molecule has 0 N–H and O–H groups in total. The second-order valence-corrected chi connectivity index (χ2v) is 6.68. The van der Waals surface area contributed by atoms with Crippen molar-refractivity contribution in [3.05, 3.63) is 95.1 Å². The number of carbonyl (C=O) groups is 1. The van der Waals surface area contributed by atoms with Crippen LogP contribution in [0, 0.1) is 6.92 Å². The minimum absolute atomic E-state index is 0.334. The molecule has 0 radical (unpaired) electrons. The van der Waals surface area contributed by atoms with Crippen molar-refractivity contribution in [3.8, 4) is 5.75 Å². The number of ether oxygens (including phenoxy) is 1. The van der Waals surface area contributed by atoms with Gasteiger partial charge >= 0.3 is 5.97 Å². The molecule has 0 aliphatic carbocycles. The molecular formula is C22H20O2S. The van der Waals surface area contributed by atoms with E-state index in [9.17, 15) is 4.79 Å². The van der Waals surface area contributed by atoms with E-state index in [1.54, 1.807) is 23.9 Å². The Kier molecular flexibility index (Phi) is 5.56. The van der Waals surface area contributed by atoms with E-state index in [0.29, 0.717) is 11.3 Å². The number of esters is 1. The van der Waals surface area contributed by atoms with Crippen LogP contribution in [0.5, 0.6) is 5.75 Å². The summed E-state index contributed by atoms with van der Waals surface area (Å²) >= 11 is 1.70. The maximum absolute atomic E-state index is 12.3. The fourth-order valence-corrected chi connectivity index (χ4v) is 3.31. The topological polar surface area (TPSA) is 26.3 Å². The minimum atomic E-state index is -0.334. The van der Waals surface area contributed by atoms with Gasteiger partial charge in [0.05, 0.1) is 5.56 Å². The zero-order chi connectivity index (χ0) is 17.6. The second kappa shape index (κ2) is 8.04. The molecule has 25 heavy (non-hydrogen) atoms. The van der Waals surface area contributed by atoms with Gasteiger partial charge in [0.2, 0.25) is 0 Å². The summed E-state index contributed by atoms with van der Waals surface area (Å²) in [6.45, 7) is 2.12. The van der Waals surface area contributed by atoms with E-state index in [4.69, 9.17) is 4.74 Å². The Bertz CT molecular complexity index is 872. The number of rotatable bonds is 5. The van der Waals surface area contributed by atoms with E-state index < -0.39 is 0 Å². The first-order valence-electron chi connectivity index (χ1n) is 8.16. The van der Waals surface area contributed by atoms with Crippen molar-refractivity contribution >= 4 is 17.7 Å². The summed E-state index contributed by atoms with van der Waals surface area (Å²) in [7, 11) is 0. The third-order valence-corrected chi connectivity index (χ3v) is 4.95. The minimum Gasteiger partial charge on any atom is -0.423 e. The number of carbonyl (C=O) groups excluding carboxylic acids is 1. The van der Waals surface area contributed by atoms with E-state index in [2.05, 4.69) is 31.4 Å². The monoisotopic (exact) mass is 348 g/mol. The summed E-state index contributed by atoms with van der Waals surface area (Å²) < 4.78 is 5.56. The molecule has 0 fully saturated rings. The summed E-state index contributed by atoms with van der Waals surface area (Å²) in [5.41, 5.74) is 4.27. The highest BCUT2D eigenvalue weighted by molar-refractivity contribution is 7.98. The standard InChI is InChI=1S/C22H20O2S/c1-16-8-6-7-11-18(16)14-19-15-20(12-13-21(19)25-2)24-22(23)17-9-4-3-5-10-17/h3-13,15H,14H2,1-2H3. The number of aryl methyl sites for hydroxylation is 1. The van der Waals surface area contributed by atoms with Gasteiger partial charge < -0.3 is 4.74 Å². The maximum atomic E-state index is 12.3. The van der Waals surface area contributed by atoms with Crippen LogP contribution in [-0.4, -0.2) is 12.2 Å². The molecule has 0 spiro atoms. The molecule has 0 aromatic heterocycles. The highest BCUT2D eigenvalue weighted by Crippen LogP contribution is 2.28. The Morgan fingerprint density at radius 3 is 2.36 bits per heavy atom. The van der Waals surface area contributed by atoms with Gasteiger partial charge in [0.1, 0.15) is 5.75 Å². The van der Waals surface area contributed by atoms with E-state index >= 15 is 0 Å². The van der Waals surface area contributed by atoms with Gasteiger partial charge in [-0.2, -0.15) is 0 Å². The molecule has 3 rings (SSSR count). The average Bonchev–Trinajstić information content (AvgIpc) is 2.64. The summed E-state index contributed by atoms with van der Waals surface area (Å²) in [5, 5.41) is 0. The van der Waals surface area contributed by atoms with Gasteiger partial charge in [-0.15, -0.1) is 11.8 Å².